The van der Waals surface area contributed by atoms with Gasteiger partial charge in [-0.3, -0.25) is 4.79 Å². The summed E-state index contributed by atoms with van der Waals surface area (Å²) >= 11 is 0. The Kier molecular flexibility index (Phi) is 2.92. The maximum atomic E-state index is 11.5. The normalized spacial score (nSPS) is 10.8. The number of hydrogen-bond acceptors (Lipinski definition) is 2. The van der Waals surface area contributed by atoms with E-state index in [2.05, 4.69) is 0 Å². The number of aldehydes is 1. The Morgan fingerprint density at radius 2 is 1.37 bits per heavy atom. The average molecular weight is 250 g/mol. The first-order valence-electron chi connectivity index (χ1n) is 6.38. The van der Waals surface area contributed by atoms with Crippen LogP contribution in [0.4, 0.5) is 0 Å². The number of ether oxygens (including phenoxy) is 1. The fraction of sp³-hybridized carbons (Fsp3) is 0.118. The molecule has 0 radical (unpaired) electrons. The predicted molar refractivity (Wildman–Crippen MR) is 78.0 cm³/mol. The second-order valence-corrected chi connectivity index (χ2v) is 4.38. The molecule has 0 amide bonds. The van der Waals surface area contributed by atoms with Crippen LogP contribution in [-0.2, 0) is 0 Å². The molecule has 2 nitrogen and oxygen atoms in total. The highest BCUT2D eigenvalue weighted by Crippen LogP contribution is 2.37. The van der Waals surface area contributed by atoms with E-state index in [1.54, 1.807) is 0 Å². The minimum absolute atomic E-state index is 0.606. The van der Waals surface area contributed by atoms with Crippen LogP contribution in [0, 0.1) is 0 Å². The van der Waals surface area contributed by atoms with Crippen molar-refractivity contribution in [3.05, 3.63) is 54.1 Å². The standard InChI is InChI=1S/C17H14O2/c1-2-19-17-14-9-5-3-7-12(14)16(11-18)13-8-4-6-10-15(13)17/h3-11H,2H2,1H3. The molecule has 2 heteroatoms. The van der Waals surface area contributed by atoms with Gasteiger partial charge in [0.15, 0.2) is 6.29 Å². The smallest absolute Gasteiger partial charge is 0.151 e. The van der Waals surface area contributed by atoms with Crippen molar-refractivity contribution in [2.24, 2.45) is 0 Å². The molecule has 94 valence electrons. The summed E-state index contributed by atoms with van der Waals surface area (Å²) in [7, 11) is 0. The van der Waals surface area contributed by atoms with Gasteiger partial charge in [-0.15, -0.1) is 0 Å². The molecule has 0 heterocycles. The van der Waals surface area contributed by atoms with Crippen LogP contribution in [0.2, 0.25) is 0 Å². The first-order valence-corrected chi connectivity index (χ1v) is 6.38. The highest BCUT2D eigenvalue weighted by atomic mass is 16.5. The van der Waals surface area contributed by atoms with Crippen molar-refractivity contribution in [3.63, 3.8) is 0 Å². The summed E-state index contributed by atoms with van der Waals surface area (Å²) in [5.74, 6) is 0.860. The van der Waals surface area contributed by atoms with E-state index >= 15 is 0 Å². The summed E-state index contributed by atoms with van der Waals surface area (Å²) in [6.07, 6.45) is 0.931. The number of carbonyl (C=O) groups excluding carboxylic acids is 1. The maximum absolute atomic E-state index is 11.5. The zero-order chi connectivity index (χ0) is 13.2. The van der Waals surface area contributed by atoms with E-state index in [1.165, 1.54) is 0 Å². The van der Waals surface area contributed by atoms with E-state index in [9.17, 15) is 4.79 Å². The molecule has 0 N–H and O–H groups in total. The predicted octanol–water partition coefficient (Wildman–Crippen LogP) is 4.20. The number of fused-ring (bicyclic) bond motifs is 2. The summed E-state index contributed by atoms with van der Waals surface area (Å²) in [6.45, 7) is 2.58. The van der Waals surface area contributed by atoms with Gasteiger partial charge in [-0.05, 0) is 17.7 Å². The van der Waals surface area contributed by atoms with E-state index in [0.29, 0.717) is 6.61 Å². The van der Waals surface area contributed by atoms with Crippen molar-refractivity contribution < 1.29 is 9.53 Å². The third-order valence-corrected chi connectivity index (χ3v) is 3.33. The third-order valence-electron chi connectivity index (χ3n) is 3.33. The molecule has 0 aromatic heterocycles. The first-order chi connectivity index (χ1) is 9.36. The van der Waals surface area contributed by atoms with Crippen molar-refractivity contribution >= 4 is 27.8 Å². The molecule has 3 aromatic carbocycles. The van der Waals surface area contributed by atoms with E-state index < -0.39 is 0 Å². The highest BCUT2D eigenvalue weighted by Gasteiger charge is 2.13. The summed E-state index contributed by atoms with van der Waals surface area (Å²) < 4.78 is 5.82. The molecular formula is C17H14O2. The van der Waals surface area contributed by atoms with E-state index in [0.717, 1.165) is 39.1 Å². The molecule has 3 aromatic rings. The fourth-order valence-corrected chi connectivity index (χ4v) is 2.55. The monoisotopic (exact) mass is 250 g/mol. The third kappa shape index (κ3) is 1.76. The molecule has 0 aliphatic carbocycles. The summed E-state index contributed by atoms with van der Waals surface area (Å²) in [5.41, 5.74) is 0.731. The first kappa shape index (κ1) is 11.7. The van der Waals surface area contributed by atoms with Crippen molar-refractivity contribution in [1.29, 1.82) is 0 Å². The highest BCUT2D eigenvalue weighted by molar-refractivity contribution is 6.16. The largest absolute Gasteiger partial charge is 0.493 e. The number of benzene rings is 3. The summed E-state index contributed by atoms with van der Waals surface area (Å²) in [5, 5.41) is 3.87. The van der Waals surface area contributed by atoms with Gasteiger partial charge in [-0.2, -0.15) is 0 Å². The zero-order valence-electron chi connectivity index (χ0n) is 10.7. The lowest BCUT2D eigenvalue weighted by molar-refractivity contribution is 0.112. The molecule has 0 atom stereocenters. The molecule has 3 rings (SSSR count). The van der Waals surface area contributed by atoms with Crippen LogP contribution in [0.1, 0.15) is 17.3 Å². The average Bonchev–Trinajstić information content (AvgIpc) is 2.47. The fourth-order valence-electron chi connectivity index (χ4n) is 2.55. The molecule has 0 aliphatic rings. The van der Waals surface area contributed by atoms with Crippen LogP contribution < -0.4 is 4.74 Å². The van der Waals surface area contributed by atoms with Crippen LogP contribution in [-0.4, -0.2) is 12.9 Å². The van der Waals surface area contributed by atoms with Crippen molar-refractivity contribution in [2.45, 2.75) is 6.92 Å². The van der Waals surface area contributed by atoms with Crippen molar-refractivity contribution in [3.8, 4) is 5.75 Å². The molecule has 0 bridgehead atoms. The Labute approximate surface area is 111 Å². The van der Waals surface area contributed by atoms with Crippen LogP contribution in [0.15, 0.2) is 48.5 Å². The lowest BCUT2D eigenvalue weighted by Crippen LogP contribution is -1.96. The van der Waals surface area contributed by atoms with Gasteiger partial charge in [0.2, 0.25) is 0 Å². The quantitative estimate of drug-likeness (QED) is 0.514. The zero-order valence-corrected chi connectivity index (χ0v) is 10.7. The Hall–Kier alpha value is -2.35. The van der Waals surface area contributed by atoms with Gasteiger partial charge in [0.1, 0.15) is 5.75 Å². The maximum Gasteiger partial charge on any atom is 0.151 e. The SMILES string of the molecule is CCOc1c2ccccc2c(C=O)c2ccccc12. The van der Waals surface area contributed by atoms with E-state index in [-0.39, 0.29) is 0 Å². The molecule has 0 saturated carbocycles. The second-order valence-electron chi connectivity index (χ2n) is 4.38. The molecule has 0 unspecified atom stereocenters. The van der Waals surface area contributed by atoms with Crippen LogP contribution in [0.25, 0.3) is 21.5 Å². The van der Waals surface area contributed by atoms with Crippen LogP contribution in [0.5, 0.6) is 5.75 Å². The minimum atomic E-state index is 0.606. The van der Waals surface area contributed by atoms with Crippen LogP contribution in [0.3, 0.4) is 0 Å². The van der Waals surface area contributed by atoms with Gasteiger partial charge in [-0.1, -0.05) is 48.5 Å². The van der Waals surface area contributed by atoms with Crippen molar-refractivity contribution in [2.75, 3.05) is 6.61 Å². The Balaban J connectivity index is 2.57. The van der Waals surface area contributed by atoms with Gasteiger partial charge >= 0.3 is 0 Å². The Morgan fingerprint density at radius 3 is 1.79 bits per heavy atom. The van der Waals surface area contributed by atoms with Gasteiger partial charge in [0.05, 0.1) is 6.61 Å². The second kappa shape index (κ2) is 4.73. The Morgan fingerprint density at radius 1 is 0.895 bits per heavy atom. The lowest BCUT2D eigenvalue weighted by atomic mass is 9.96. The Bertz CT molecular complexity index is 703. The molecule has 0 saturated heterocycles. The van der Waals surface area contributed by atoms with Crippen LogP contribution >= 0.6 is 0 Å². The van der Waals surface area contributed by atoms with Gasteiger partial charge < -0.3 is 4.74 Å². The van der Waals surface area contributed by atoms with E-state index in [4.69, 9.17) is 4.74 Å². The summed E-state index contributed by atoms with van der Waals surface area (Å²) in [4.78, 5) is 11.5. The lowest BCUT2D eigenvalue weighted by Gasteiger charge is -2.13. The molecule has 19 heavy (non-hydrogen) atoms. The van der Waals surface area contributed by atoms with E-state index in [1.807, 2.05) is 55.5 Å². The van der Waals surface area contributed by atoms with Gasteiger partial charge in [-0.25, -0.2) is 0 Å². The molecule has 0 fully saturated rings. The molecular weight excluding hydrogens is 236 g/mol. The number of carbonyl (C=O) groups is 1. The van der Waals surface area contributed by atoms with Crippen molar-refractivity contribution in [1.82, 2.24) is 0 Å². The number of hydrogen-bond donors (Lipinski definition) is 0. The van der Waals surface area contributed by atoms with Gasteiger partial charge in [0, 0.05) is 16.3 Å². The number of rotatable bonds is 3. The minimum Gasteiger partial charge on any atom is -0.493 e. The molecule has 0 aliphatic heterocycles. The van der Waals surface area contributed by atoms with Gasteiger partial charge in [0.25, 0.3) is 0 Å². The molecule has 0 spiro atoms. The topological polar surface area (TPSA) is 26.3 Å². The summed E-state index contributed by atoms with van der Waals surface area (Å²) in [6, 6.07) is 15.8.